The Morgan fingerprint density at radius 3 is 1.04 bits per heavy atom. The van der Waals surface area contributed by atoms with Gasteiger partial charge in [0.15, 0.2) is 7.14 Å². The smallest absolute Gasteiger partial charge is 0.171 e. The Morgan fingerprint density at radius 2 is 0.769 bits per heavy atom. The van der Waals surface area contributed by atoms with Crippen molar-refractivity contribution in [2.24, 2.45) is 0 Å². The monoisotopic (exact) mass is 362 g/mol. The largest absolute Gasteiger partial charge is 0.309 e. The SMILES string of the molecule is Cc1cccc(P(=O)(c2cccc(C)c2C)c2cccc(C)c2C)c1C. The van der Waals surface area contributed by atoms with Gasteiger partial charge in [0.1, 0.15) is 0 Å². The van der Waals surface area contributed by atoms with Crippen molar-refractivity contribution >= 4 is 23.1 Å². The van der Waals surface area contributed by atoms with Gasteiger partial charge < -0.3 is 4.57 Å². The van der Waals surface area contributed by atoms with E-state index in [9.17, 15) is 4.57 Å². The number of benzene rings is 3. The second kappa shape index (κ2) is 6.89. The van der Waals surface area contributed by atoms with E-state index in [0.717, 1.165) is 32.6 Å². The van der Waals surface area contributed by atoms with Crippen LogP contribution in [0.4, 0.5) is 0 Å². The first-order valence-corrected chi connectivity index (χ1v) is 10.8. The number of hydrogen-bond acceptors (Lipinski definition) is 1. The van der Waals surface area contributed by atoms with Crippen molar-refractivity contribution in [1.82, 2.24) is 0 Å². The fraction of sp³-hybridized carbons (Fsp3) is 0.250. The van der Waals surface area contributed by atoms with E-state index in [-0.39, 0.29) is 0 Å². The fourth-order valence-electron chi connectivity index (χ4n) is 3.62. The standard InChI is InChI=1S/C24H27OP/c1-16-10-7-13-22(19(16)4)26(25,23-14-8-11-17(2)20(23)5)24-15-9-12-18(3)21(24)6/h7-15H,1-6H3. The highest BCUT2D eigenvalue weighted by atomic mass is 31.2. The first-order chi connectivity index (χ1) is 12.3. The predicted octanol–water partition coefficient (Wildman–Crippen LogP) is 5.18. The maximum Gasteiger partial charge on any atom is 0.171 e. The van der Waals surface area contributed by atoms with Gasteiger partial charge in [0.25, 0.3) is 0 Å². The average molecular weight is 362 g/mol. The molecule has 0 unspecified atom stereocenters. The molecule has 0 fully saturated rings. The lowest BCUT2D eigenvalue weighted by Gasteiger charge is -2.26. The van der Waals surface area contributed by atoms with Crippen molar-refractivity contribution in [2.45, 2.75) is 41.5 Å². The summed E-state index contributed by atoms with van der Waals surface area (Å²) >= 11 is 0. The Morgan fingerprint density at radius 1 is 0.500 bits per heavy atom. The molecule has 0 bridgehead atoms. The molecular formula is C24H27OP. The maximum absolute atomic E-state index is 14.9. The molecule has 3 aromatic rings. The van der Waals surface area contributed by atoms with Crippen LogP contribution in [0, 0.1) is 41.5 Å². The number of aryl methyl sites for hydroxylation is 3. The van der Waals surface area contributed by atoms with Crippen molar-refractivity contribution in [3.05, 3.63) is 88.0 Å². The minimum absolute atomic E-state index is 0.958. The third kappa shape index (κ3) is 2.85. The molecule has 0 amide bonds. The van der Waals surface area contributed by atoms with E-state index in [2.05, 4.69) is 59.7 Å². The Kier molecular flexibility index (Phi) is 4.95. The highest BCUT2D eigenvalue weighted by molar-refractivity contribution is 7.85. The topological polar surface area (TPSA) is 17.1 Å². The molecule has 0 spiro atoms. The molecule has 0 aliphatic carbocycles. The van der Waals surface area contributed by atoms with Gasteiger partial charge in [0, 0.05) is 15.9 Å². The molecule has 1 nitrogen and oxygen atoms in total. The van der Waals surface area contributed by atoms with Crippen LogP contribution in [0.5, 0.6) is 0 Å². The molecule has 0 saturated carbocycles. The predicted molar refractivity (Wildman–Crippen MR) is 114 cm³/mol. The summed E-state index contributed by atoms with van der Waals surface area (Å²) in [6, 6.07) is 18.5. The molecule has 0 radical (unpaired) electrons. The van der Waals surface area contributed by atoms with E-state index in [1.807, 2.05) is 36.4 Å². The van der Waals surface area contributed by atoms with Crippen LogP contribution in [-0.4, -0.2) is 0 Å². The Labute approximate surface area is 157 Å². The molecular weight excluding hydrogens is 335 g/mol. The lowest BCUT2D eigenvalue weighted by atomic mass is 10.1. The van der Waals surface area contributed by atoms with Gasteiger partial charge in [0.2, 0.25) is 0 Å². The molecule has 2 heteroatoms. The first kappa shape index (κ1) is 18.7. The minimum Gasteiger partial charge on any atom is -0.309 e. The zero-order chi connectivity index (χ0) is 19.1. The van der Waals surface area contributed by atoms with Gasteiger partial charge in [-0.15, -0.1) is 0 Å². The third-order valence-corrected chi connectivity index (χ3v) is 9.23. The van der Waals surface area contributed by atoms with Gasteiger partial charge in [-0.25, -0.2) is 0 Å². The fourth-order valence-corrected chi connectivity index (χ4v) is 7.23. The summed E-state index contributed by atoms with van der Waals surface area (Å²) in [6.45, 7) is 12.6. The van der Waals surface area contributed by atoms with Gasteiger partial charge in [-0.1, -0.05) is 54.6 Å². The van der Waals surface area contributed by atoms with Crippen molar-refractivity contribution in [2.75, 3.05) is 0 Å². The van der Waals surface area contributed by atoms with Crippen LogP contribution in [-0.2, 0) is 4.57 Å². The van der Waals surface area contributed by atoms with Crippen LogP contribution in [0.25, 0.3) is 0 Å². The zero-order valence-corrected chi connectivity index (χ0v) is 17.4. The molecule has 26 heavy (non-hydrogen) atoms. The van der Waals surface area contributed by atoms with E-state index in [1.165, 1.54) is 16.7 Å². The Bertz CT molecular complexity index is 898. The van der Waals surface area contributed by atoms with Crippen molar-refractivity contribution in [3.8, 4) is 0 Å². The summed E-state index contributed by atoms with van der Waals surface area (Å²) in [5, 5.41) is 2.87. The summed E-state index contributed by atoms with van der Waals surface area (Å²) in [5.74, 6) is 0. The number of rotatable bonds is 3. The lowest BCUT2D eigenvalue weighted by Crippen LogP contribution is -2.30. The molecule has 3 rings (SSSR count). The molecule has 0 N–H and O–H groups in total. The highest BCUT2D eigenvalue weighted by Gasteiger charge is 2.34. The van der Waals surface area contributed by atoms with Gasteiger partial charge >= 0.3 is 0 Å². The summed E-state index contributed by atoms with van der Waals surface area (Å²) in [5.41, 5.74) is 6.91. The van der Waals surface area contributed by atoms with Gasteiger partial charge in [-0.2, -0.15) is 0 Å². The normalized spacial score (nSPS) is 11.6. The third-order valence-electron chi connectivity index (χ3n) is 5.75. The van der Waals surface area contributed by atoms with Crippen LogP contribution >= 0.6 is 7.14 Å². The zero-order valence-electron chi connectivity index (χ0n) is 16.6. The summed E-state index contributed by atoms with van der Waals surface area (Å²) in [4.78, 5) is 0. The van der Waals surface area contributed by atoms with Crippen LogP contribution in [0.2, 0.25) is 0 Å². The van der Waals surface area contributed by atoms with E-state index in [0.29, 0.717) is 0 Å². The second-order valence-corrected chi connectivity index (χ2v) is 9.93. The first-order valence-electron chi connectivity index (χ1n) is 9.09. The van der Waals surface area contributed by atoms with Crippen molar-refractivity contribution in [1.29, 1.82) is 0 Å². The molecule has 0 atom stereocenters. The van der Waals surface area contributed by atoms with E-state index in [1.54, 1.807) is 0 Å². The van der Waals surface area contributed by atoms with E-state index < -0.39 is 7.14 Å². The lowest BCUT2D eigenvalue weighted by molar-refractivity contribution is 0.592. The molecule has 3 aromatic carbocycles. The van der Waals surface area contributed by atoms with E-state index >= 15 is 0 Å². The van der Waals surface area contributed by atoms with Crippen LogP contribution < -0.4 is 15.9 Å². The second-order valence-electron chi connectivity index (χ2n) is 7.27. The molecule has 134 valence electrons. The maximum atomic E-state index is 14.9. The minimum atomic E-state index is -2.97. The number of hydrogen-bond donors (Lipinski definition) is 0. The molecule has 0 aromatic heterocycles. The van der Waals surface area contributed by atoms with Crippen molar-refractivity contribution < 1.29 is 4.57 Å². The van der Waals surface area contributed by atoms with Crippen LogP contribution in [0.1, 0.15) is 33.4 Å². The van der Waals surface area contributed by atoms with Crippen LogP contribution in [0.15, 0.2) is 54.6 Å². The van der Waals surface area contributed by atoms with Gasteiger partial charge in [-0.05, 0) is 74.9 Å². The Balaban J connectivity index is 2.48. The quantitative estimate of drug-likeness (QED) is 0.587. The molecule has 0 heterocycles. The average Bonchev–Trinajstić information content (AvgIpc) is 2.61. The molecule has 0 aliphatic rings. The van der Waals surface area contributed by atoms with Gasteiger partial charge in [0.05, 0.1) is 0 Å². The van der Waals surface area contributed by atoms with Crippen molar-refractivity contribution in [3.63, 3.8) is 0 Å². The Hall–Kier alpha value is -2.11. The highest BCUT2D eigenvalue weighted by Crippen LogP contribution is 2.46. The molecule has 0 aliphatic heterocycles. The summed E-state index contributed by atoms with van der Waals surface area (Å²) < 4.78 is 14.9. The summed E-state index contributed by atoms with van der Waals surface area (Å²) in [6.07, 6.45) is 0. The van der Waals surface area contributed by atoms with E-state index in [4.69, 9.17) is 0 Å². The summed E-state index contributed by atoms with van der Waals surface area (Å²) in [7, 11) is -2.97. The van der Waals surface area contributed by atoms with Gasteiger partial charge in [-0.3, -0.25) is 0 Å². The molecule has 0 saturated heterocycles. The van der Waals surface area contributed by atoms with Crippen LogP contribution in [0.3, 0.4) is 0 Å².